The largest absolute Gasteiger partial charge is 0.245 e. The zero-order valence-electron chi connectivity index (χ0n) is 9.53. The molecule has 80 valence electrons. The van der Waals surface area contributed by atoms with Crippen LogP contribution in [-0.4, -0.2) is 4.98 Å². The van der Waals surface area contributed by atoms with Gasteiger partial charge in [0.05, 0.1) is 15.4 Å². The summed E-state index contributed by atoms with van der Waals surface area (Å²) in [5.41, 5.74) is 2.24. The fourth-order valence-corrected chi connectivity index (χ4v) is 2.40. The highest BCUT2D eigenvalue weighted by atomic mass is 32.1. The van der Waals surface area contributed by atoms with Gasteiger partial charge in [0.1, 0.15) is 0 Å². The third kappa shape index (κ3) is 2.05. The first-order chi connectivity index (χ1) is 7.13. The molecule has 2 rings (SSSR count). The summed E-state index contributed by atoms with van der Waals surface area (Å²) in [5.74, 6) is 0.488. The van der Waals surface area contributed by atoms with Crippen molar-refractivity contribution in [2.45, 2.75) is 27.2 Å². The van der Waals surface area contributed by atoms with E-state index in [9.17, 15) is 0 Å². The highest BCUT2D eigenvalue weighted by Gasteiger charge is 2.24. The van der Waals surface area contributed by atoms with E-state index < -0.39 is 0 Å². The first kappa shape index (κ1) is 10.6. The third-order valence-electron chi connectivity index (χ3n) is 3.34. The van der Waals surface area contributed by atoms with Crippen molar-refractivity contribution < 1.29 is 0 Å². The summed E-state index contributed by atoms with van der Waals surface area (Å²) in [4.78, 5) is 4.41. The molecule has 15 heavy (non-hydrogen) atoms. The van der Waals surface area contributed by atoms with Crippen molar-refractivity contribution in [1.82, 2.24) is 4.98 Å². The van der Waals surface area contributed by atoms with Crippen LogP contribution in [0.4, 0.5) is 0 Å². The Morgan fingerprint density at radius 1 is 1.47 bits per heavy atom. The minimum atomic E-state index is 0.315. The molecule has 0 spiro atoms. The highest BCUT2D eigenvalue weighted by Crippen LogP contribution is 2.32. The van der Waals surface area contributed by atoms with Crippen LogP contribution in [0.3, 0.4) is 0 Å². The topological polar surface area (TPSA) is 12.9 Å². The molecular weight excluding hydrogens is 202 g/mol. The average molecular weight is 219 g/mol. The molecule has 0 saturated carbocycles. The number of hydrogen-bond acceptors (Lipinski definition) is 2. The first-order valence-corrected chi connectivity index (χ1v) is 6.31. The number of rotatable bonds is 2. The Kier molecular flexibility index (Phi) is 2.79. The molecule has 1 atom stereocenters. The summed E-state index contributed by atoms with van der Waals surface area (Å²) in [5, 5.41) is 1.15. The van der Waals surface area contributed by atoms with E-state index >= 15 is 0 Å². The number of nitrogens with zero attached hydrogens (tertiary/aromatic N) is 1. The lowest BCUT2D eigenvalue weighted by Gasteiger charge is -2.28. The molecule has 1 unspecified atom stereocenters. The van der Waals surface area contributed by atoms with E-state index in [0.717, 1.165) is 5.35 Å². The van der Waals surface area contributed by atoms with E-state index in [1.807, 2.05) is 5.51 Å². The molecule has 0 saturated heterocycles. The van der Waals surface area contributed by atoms with Crippen molar-refractivity contribution in [3.63, 3.8) is 0 Å². The van der Waals surface area contributed by atoms with Crippen LogP contribution >= 0.6 is 11.3 Å². The Labute approximate surface area is 94.9 Å². The SMILES string of the molecule is CCC(C)(C)C1C=CC=c2scnc2=C1. The maximum atomic E-state index is 4.41. The van der Waals surface area contributed by atoms with E-state index in [-0.39, 0.29) is 0 Å². The fourth-order valence-electron chi connectivity index (χ4n) is 1.72. The second-order valence-electron chi connectivity index (χ2n) is 4.69. The lowest BCUT2D eigenvalue weighted by atomic mass is 9.76. The second-order valence-corrected chi connectivity index (χ2v) is 5.57. The van der Waals surface area contributed by atoms with E-state index in [4.69, 9.17) is 0 Å². The van der Waals surface area contributed by atoms with Gasteiger partial charge in [-0.3, -0.25) is 0 Å². The van der Waals surface area contributed by atoms with Gasteiger partial charge in [-0.05, 0) is 17.6 Å². The van der Waals surface area contributed by atoms with Gasteiger partial charge >= 0.3 is 0 Å². The van der Waals surface area contributed by atoms with Crippen LogP contribution in [0.1, 0.15) is 27.2 Å². The van der Waals surface area contributed by atoms with Crippen LogP contribution in [0, 0.1) is 11.3 Å². The minimum absolute atomic E-state index is 0.315. The van der Waals surface area contributed by atoms with Crippen molar-refractivity contribution in [2.75, 3.05) is 0 Å². The number of fused-ring (bicyclic) bond motifs is 1. The monoisotopic (exact) mass is 219 g/mol. The molecular formula is C13H17NS. The normalized spacial score (nSPS) is 20.1. The van der Waals surface area contributed by atoms with E-state index in [0.29, 0.717) is 11.3 Å². The third-order valence-corrected chi connectivity index (χ3v) is 4.15. The molecule has 2 heteroatoms. The molecule has 0 radical (unpaired) electrons. The van der Waals surface area contributed by atoms with Crippen LogP contribution in [0.5, 0.6) is 0 Å². The van der Waals surface area contributed by atoms with Crippen molar-refractivity contribution in [3.8, 4) is 0 Å². The molecule has 1 heterocycles. The molecule has 1 aromatic heterocycles. The lowest BCUT2D eigenvalue weighted by Crippen LogP contribution is -2.26. The van der Waals surface area contributed by atoms with Crippen LogP contribution in [0.2, 0.25) is 0 Å². The lowest BCUT2D eigenvalue weighted by molar-refractivity contribution is 0.303. The van der Waals surface area contributed by atoms with Crippen LogP contribution in [-0.2, 0) is 0 Å². The number of thiazole rings is 1. The predicted octanol–water partition coefficient (Wildman–Crippen LogP) is 2.33. The van der Waals surface area contributed by atoms with E-state index in [1.165, 1.54) is 11.0 Å². The van der Waals surface area contributed by atoms with E-state index in [1.54, 1.807) is 11.3 Å². The molecule has 0 fully saturated rings. The Morgan fingerprint density at radius 2 is 2.27 bits per heavy atom. The summed E-state index contributed by atoms with van der Waals surface area (Å²) in [6.45, 7) is 6.88. The zero-order valence-corrected chi connectivity index (χ0v) is 10.3. The molecule has 0 bridgehead atoms. The van der Waals surface area contributed by atoms with Crippen molar-refractivity contribution in [3.05, 3.63) is 27.5 Å². The summed E-state index contributed by atoms with van der Waals surface area (Å²) in [6.07, 6.45) is 10.1. The standard InChI is InChI=1S/C13H17NS/c1-4-13(2,3)10-6-5-7-12-11(8-10)14-9-15-12/h5-10H,4H2,1-3H3. The van der Waals surface area contributed by atoms with Gasteiger partial charge in [0.2, 0.25) is 0 Å². The van der Waals surface area contributed by atoms with Crippen LogP contribution in [0.25, 0.3) is 12.2 Å². The summed E-state index contributed by atoms with van der Waals surface area (Å²) < 4.78 is 1.28. The van der Waals surface area contributed by atoms with Crippen LogP contribution in [0.15, 0.2) is 17.7 Å². The second kappa shape index (κ2) is 3.93. The molecule has 0 aliphatic heterocycles. The van der Waals surface area contributed by atoms with E-state index in [2.05, 4.69) is 50.1 Å². The quantitative estimate of drug-likeness (QED) is 0.744. The van der Waals surface area contributed by atoms with Gasteiger partial charge < -0.3 is 0 Å². The Hall–Kier alpha value is -0.890. The Bertz CT molecular complexity index is 479. The van der Waals surface area contributed by atoms with Gasteiger partial charge in [-0.1, -0.05) is 39.3 Å². The molecule has 0 aromatic carbocycles. The maximum Gasteiger partial charge on any atom is 0.0805 e. The number of hydrogen-bond donors (Lipinski definition) is 0. The fraction of sp³-hybridized carbons (Fsp3) is 0.462. The first-order valence-electron chi connectivity index (χ1n) is 5.43. The summed E-state index contributed by atoms with van der Waals surface area (Å²) >= 11 is 1.71. The molecule has 1 aromatic rings. The summed E-state index contributed by atoms with van der Waals surface area (Å²) in [7, 11) is 0. The van der Waals surface area contributed by atoms with Gasteiger partial charge in [-0.25, -0.2) is 4.98 Å². The Balaban J connectivity index is 2.48. The van der Waals surface area contributed by atoms with Crippen LogP contribution < -0.4 is 9.88 Å². The maximum absolute atomic E-state index is 4.41. The van der Waals surface area contributed by atoms with Gasteiger partial charge in [0, 0.05) is 5.92 Å². The van der Waals surface area contributed by atoms with Gasteiger partial charge in [-0.15, -0.1) is 11.3 Å². The molecule has 1 nitrogen and oxygen atoms in total. The molecule has 1 aliphatic carbocycles. The highest BCUT2D eigenvalue weighted by molar-refractivity contribution is 7.07. The average Bonchev–Trinajstić information content (AvgIpc) is 2.55. The summed E-state index contributed by atoms with van der Waals surface area (Å²) in [6, 6.07) is 0. The molecule has 1 aliphatic rings. The van der Waals surface area contributed by atoms with Gasteiger partial charge in [0.15, 0.2) is 0 Å². The van der Waals surface area contributed by atoms with Crippen molar-refractivity contribution >= 4 is 23.5 Å². The Morgan fingerprint density at radius 3 is 3.00 bits per heavy atom. The van der Waals surface area contributed by atoms with Crippen molar-refractivity contribution in [1.29, 1.82) is 0 Å². The number of aromatic nitrogens is 1. The molecule has 0 amide bonds. The van der Waals surface area contributed by atoms with Gasteiger partial charge in [-0.2, -0.15) is 0 Å². The molecule has 0 N–H and O–H groups in total. The van der Waals surface area contributed by atoms with Gasteiger partial charge in [0.25, 0.3) is 0 Å². The van der Waals surface area contributed by atoms with Crippen molar-refractivity contribution in [2.24, 2.45) is 11.3 Å². The predicted molar refractivity (Wildman–Crippen MR) is 67.0 cm³/mol. The number of allylic oxidation sites excluding steroid dienone is 2. The smallest absolute Gasteiger partial charge is 0.0805 e. The zero-order chi connectivity index (χ0) is 10.9. The minimum Gasteiger partial charge on any atom is -0.245 e.